The van der Waals surface area contributed by atoms with E-state index in [1.807, 2.05) is 18.2 Å². The molecule has 0 aliphatic heterocycles. The third-order valence-corrected chi connectivity index (χ3v) is 6.45. The number of aromatic nitrogens is 3. The smallest absolute Gasteiger partial charge is 0.417 e. The number of amides is 1. The number of carbonyl (C=O) groups excluding carboxylic acids is 1. The molecule has 10 nitrogen and oxygen atoms in total. The maximum atomic E-state index is 12.2. The summed E-state index contributed by atoms with van der Waals surface area (Å²) < 4.78 is 6.52. The van der Waals surface area contributed by atoms with Crippen LogP contribution in [0.25, 0.3) is 11.0 Å². The molecule has 0 spiro atoms. The van der Waals surface area contributed by atoms with Crippen molar-refractivity contribution in [1.29, 1.82) is 0 Å². The Morgan fingerprint density at radius 2 is 2.03 bits per heavy atom. The Morgan fingerprint density at radius 1 is 1.24 bits per heavy atom. The summed E-state index contributed by atoms with van der Waals surface area (Å²) in [6.07, 6.45) is 4.77. The van der Waals surface area contributed by atoms with Gasteiger partial charge in [-0.25, -0.2) is 19.1 Å². The summed E-state index contributed by atoms with van der Waals surface area (Å²) >= 11 is 0. The molecule has 3 aromatic rings. The van der Waals surface area contributed by atoms with E-state index in [0.29, 0.717) is 29.0 Å². The number of ether oxygens (including phenoxy) is 1. The minimum atomic E-state index is -1.09. The second-order valence-electron chi connectivity index (χ2n) is 10.4. The van der Waals surface area contributed by atoms with Gasteiger partial charge in [-0.15, -0.1) is 0 Å². The van der Waals surface area contributed by atoms with Gasteiger partial charge in [-0.1, -0.05) is 24.3 Å². The summed E-state index contributed by atoms with van der Waals surface area (Å²) in [7, 11) is 0. The van der Waals surface area contributed by atoms with Crippen molar-refractivity contribution in [3.63, 3.8) is 0 Å². The Kier molecular flexibility index (Phi) is 8.43. The van der Waals surface area contributed by atoms with E-state index in [0.717, 1.165) is 25.0 Å². The van der Waals surface area contributed by atoms with Crippen LogP contribution >= 0.6 is 0 Å². The molecule has 2 heterocycles. The van der Waals surface area contributed by atoms with Gasteiger partial charge in [-0.2, -0.15) is 0 Å². The van der Waals surface area contributed by atoms with Crippen molar-refractivity contribution >= 4 is 23.2 Å². The zero-order valence-electron chi connectivity index (χ0n) is 22.1. The quantitative estimate of drug-likeness (QED) is 0.375. The van der Waals surface area contributed by atoms with Crippen molar-refractivity contribution in [3.8, 4) is 0 Å². The summed E-state index contributed by atoms with van der Waals surface area (Å²) in [6, 6.07) is 11.1. The van der Waals surface area contributed by atoms with Gasteiger partial charge in [0.25, 0.3) is 0 Å². The predicted molar refractivity (Wildman–Crippen MR) is 143 cm³/mol. The fraction of sp³-hybridized carbons (Fsp3) is 0.429. The predicted octanol–water partition coefficient (Wildman–Crippen LogP) is 4.28. The SMILES string of the molecule is CC(C)(C)OC(=O)NCC(=CCN(Cc1nc2ccccc2n1C(=O)O)C1CCCc2cccnc21)CO. The molecule has 0 saturated heterocycles. The van der Waals surface area contributed by atoms with Crippen LogP contribution in [0.15, 0.2) is 54.2 Å². The van der Waals surface area contributed by atoms with Gasteiger partial charge in [0.1, 0.15) is 11.4 Å². The summed E-state index contributed by atoms with van der Waals surface area (Å²) in [6.45, 7) is 5.91. The molecule has 1 aliphatic rings. The van der Waals surface area contributed by atoms with Crippen molar-refractivity contribution in [1.82, 2.24) is 24.8 Å². The number of alkyl carbamates (subject to hydrolysis) is 1. The highest BCUT2D eigenvalue weighted by molar-refractivity contribution is 5.86. The topological polar surface area (TPSA) is 130 Å². The van der Waals surface area contributed by atoms with E-state index in [2.05, 4.69) is 26.3 Å². The molecule has 202 valence electrons. The standard InChI is InChI=1S/C28H35N5O5/c1-28(2,3)38-26(35)30-16-19(18-34)13-15-32(23-12-6-8-20-9-7-14-29-25(20)23)17-24-31-21-10-4-5-11-22(21)33(24)27(36)37/h4-5,7,9-11,13-14,23,34H,6,8,12,15-18H2,1-3H3,(H,30,35)(H,36,37). The van der Waals surface area contributed by atoms with Gasteiger partial charge in [0.15, 0.2) is 0 Å². The van der Waals surface area contributed by atoms with Crippen LogP contribution in [0.3, 0.4) is 0 Å². The van der Waals surface area contributed by atoms with Crippen LogP contribution in [0.1, 0.15) is 56.7 Å². The summed E-state index contributed by atoms with van der Waals surface area (Å²) in [5, 5.41) is 22.6. The van der Waals surface area contributed by atoms with Crippen LogP contribution < -0.4 is 5.32 Å². The highest BCUT2D eigenvalue weighted by Crippen LogP contribution is 2.34. The second-order valence-corrected chi connectivity index (χ2v) is 10.4. The lowest BCUT2D eigenvalue weighted by atomic mass is 9.90. The number of imidazole rings is 1. The van der Waals surface area contributed by atoms with E-state index in [1.165, 1.54) is 10.1 Å². The number of carboxylic acid groups (broad SMARTS) is 1. The molecule has 1 amide bonds. The van der Waals surface area contributed by atoms with E-state index >= 15 is 0 Å². The molecule has 1 aliphatic carbocycles. The van der Waals surface area contributed by atoms with Crippen LogP contribution in [0, 0.1) is 0 Å². The zero-order valence-corrected chi connectivity index (χ0v) is 22.1. The third kappa shape index (κ3) is 6.56. The Morgan fingerprint density at radius 3 is 2.76 bits per heavy atom. The van der Waals surface area contributed by atoms with Gasteiger partial charge in [-0.3, -0.25) is 9.88 Å². The highest BCUT2D eigenvalue weighted by atomic mass is 16.6. The molecule has 1 unspecified atom stereocenters. The number of aliphatic hydroxyl groups excluding tert-OH is 1. The first-order chi connectivity index (χ1) is 18.2. The Bertz CT molecular complexity index is 1330. The molecule has 1 aromatic carbocycles. The van der Waals surface area contributed by atoms with Gasteiger partial charge in [0.2, 0.25) is 0 Å². The van der Waals surface area contributed by atoms with E-state index in [9.17, 15) is 19.8 Å². The largest absolute Gasteiger partial charge is 0.464 e. The van der Waals surface area contributed by atoms with E-state index < -0.39 is 17.8 Å². The molecule has 10 heteroatoms. The van der Waals surface area contributed by atoms with Gasteiger partial charge in [0, 0.05) is 19.3 Å². The fourth-order valence-electron chi connectivity index (χ4n) is 4.76. The van der Waals surface area contributed by atoms with Crippen LogP contribution in [0.4, 0.5) is 9.59 Å². The maximum absolute atomic E-state index is 12.2. The number of benzene rings is 1. The number of para-hydroxylation sites is 2. The lowest BCUT2D eigenvalue weighted by molar-refractivity contribution is 0.0531. The van der Waals surface area contributed by atoms with Crippen LogP contribution in [-0.2, 0) is 17.7 Å². The Labute approximate surface area is 222 Å². The molecule has 3 N–H and O–H groups in total. The lowest BCUT2D eigenvalue weighted by Crippen LogP contribution is -2.35. The van der Waals surface area contributed by atoms with Gasteiger partial charge in [-0.05, 0) is 69.4 Å². The molecule has 2 aromatic heterocycles. The lowest BCUT2D eigenvalue weighted by Gasteiger charge is -2.34. The highest BCUT2D eigenvalue weighted by Gasteiger charge is 2.29. The average Bonchev–Trinajstić information content (AvgIpc) is 3.25. The average molecular weight is 522 g/mol. The van der Waals surface area contributed by atoms with Crippen LogP contribution in [-0.4, -0.2) is 67.1 Å². The van der Waals surface area contributed by atoms with Crippen molar-refractivity contribution in [2.45, 2.75) is 58.2 Å². The summed E-state index contributed by atoms with van der Waals surface area (Å²) in [5.74, 6) is 0.410. The molecule has 0 radical (unpaired) electrons. The number of aryl methyl sites for hydroxylation is 1. The van der Waals surface area contributed by atoms with Crippen molar-refractivity contribution in [2.75, 3.05) is 19.7 Å². The number of fused-ring (bicyclic) bond motifs is 2. The van der Waals surface area contributed by atoms with E-state index in [4.69, 9.17) is 4.74 Å². The molecule has 0 bridgehead atoms. The minimum Gasteiger partial charge on any atom is -0.464 e. The number of hydrogen-bond donors (Lipinski definition) is 3. The maximum Gasteiger partial charge on any atom is 0.417 e. The molecular formula is C28H35N5O5. The minimum absolute atomic E-state index is 0.0583. The molecule has 0 saturated carbocycles. The number of nitrogens with one attached hydrogen (secondary N) is 1. The molecule has 38 heavy (non-hydrogen) atoms. The van der Waals surface area contributed by atoms with Gasteiger partial charge in [0.05, 0.1) is 35.9 Å². The van der Waals surface area contributed by atoms with Crippen molar-refractivity contribution in [3.05, 3.63) is 71.3 Å². The second kappa shape index (κ2) is 11.7. The van der Waals surface area contributed by atoms with Crippen molar-refractivity contribution < 1.29 is 24.5 Å². The molecule has 1 atom stereocenters. The third-order valence-electron chi connectivity index (χ3n) is 6.45. The zero-order chi connectivity index (χ0) is 27.3. The number of carbonyl (C=O) groups is 2. The first-order valence-electron chi connectivity index (χ1n) is 12.8. The first kappa shape index (κ1) is 27.3. The normalized spacial score (nSPS) is 15.9. The Balaban J connectivity index is 1.63. The van der Waals surface area contributed by atoms with E-state index in [-0.39, 0.29) is 25.7 Å². The number of hydrogen-bond acceptors (Lipinski definition) is 7. The molecule has 4 rings (SSSR count). The number of pyridine rings is 1. The van der Waals surface area contributed by atoms with Crippen LogP contribution in [0.2, 0.25) is 0 Å². The monoisotopic (exact) mass is 521 g/mol. The summed E-state index contributed by atoms with van der Waals surface area (Å²) in [4.78, 5) is 35.8. The number of nitrogens with zero attached hydrogens (tertiary/aromatic N) is 4. The van der Waals surface area contributed by atoms with Gasteiger partial charge < -0.3 is 20.3 Å². The molecular weight excluding hydrogens is 486 g/mol. The fourth-order valence-corrected chi connectivity index (χ4v) is 4.76. The Hall–Kier alpha value is -3.76. The van der Waals surface area contributed by atoms with Crippen molar-refractivity contribution in [2.24, 2.45) is 0 Å². The van der Waals surface area contributed by atoms with Gasteiger partial charge >= 0.3 is 12.2 Å². The van der Waals surface area contributed by atoms with E-state index in [1.54, 1.807) is 45.2 Å². The molecule has 0 fully saturated rings. The number of aliphatic hydroxyl groups is 1. The summed E-state index contributed by atoms with van der Waals surface area (Å²) in [5.41, 5.74) is 3.29. The number of rotatable bonds is 8. The first-order valence-corrected chi connectivity index (χ1v) is 12.8. The van der Waals surface area contributed by atoms with Crippen LogP contribution in [0.5, 0.6) is 0 Å².